The van der Waals surface area contributed by atoms with E-state index in [4.69, 9.17) is 5.11 Å². The number of rotatable bonds is 4. The molecule has 0 aliphatic carbocycles. The molecule has 1 aliphatic rings. The number of carbonyl (C=O) groups is 3. The Kier molecular flexibility index (Phi) is 4.03. The van der Waals surface area contributed by atoms with Crippen LogP contribution in [0.15, 0.2) is 5.38 Å². The highest BCUT2D eigenvalue weighted by molar-refractivity contribution is 7.14. The maximum atomic E-state index is 12.1. The van der Waals surface area contributed by atoms with Crippen LogP contribution >= 0.6 is 11.3 Å². The lowest BCUT2D eigenvalue weighted by molar-refractivity contribution is -0.144. The van der Waals surface area contributed by atoms with E-state index < -0.39 is 11.9 Å². The zero-order valence-electron chi connectivity index (χ0n) is 11.1. The van der Waals surface area contributed by atoms with Crippen LogP contribution in [0.2, 0.25) is 0 Å². The van der Waals surface area contributed by atoms with Crippen molar-refractivity contribution in [3.8, 4) is 0 Å². The minimum atomic E-state index is -0.844. The molecule has 2 N–H and O–H groups in total. The summed E-state index contributed by atoms with van der Waals surface area (Å²) in [6, 6.07) is 0. The van der Waals surface area contributed by atoms with Gasteiger partial charge in [0.05, 0.1) is 5.92 Å². The summed E-state index contributed by atoms with van der Waals surface area (Å²) in [5, 5.41) is 13.4. The fraction of sp³-hybridized carbons (Fsp3) is 0.500. The van der Waals surface area contributed by atoms with Crippen molar-refractivity contribution in [3.63, 3.8) is 0 Å². The molecule has 2 amide bonds. The molecule has 0 radical (unpaired) electrons. The Labute approximate surface area is 119 Å². The molecule has 2 heterocycles. The van der Waals surface area contributed by atoms with Crippen LogP contribution in [0.25, 0.3) is 0 Å². The lowest BCUT2D eigenvalue weighted by Gasteiger charge is -2.40. The molecular formula is C12H15N3O4S. The third-order valence-corrected chi connectivity index (χ3v) is 4.06. The highest BCUT2D eigenvalue weighted by atomic mass is 32.1. The normalized spacial score (nSPS) is 16.4. The van der Waals surface area contributed by atoms with Crippen molar-refractivity contribution in [1.82, 2.24) is 9.88 Å². The lowest BCUT2D eigenvalue weighted by atomic mass is 9.87. The molecule has 1 fully saturated rings. The van der Waals surface area contributed by atoms with E-state index in [9.17, 15) is 14.4 Å². The van der Waals surface area contributed by atoms with Gasteiger partial charge in [0.15, 0.2) is 5.13 Å². The summed E-state index contributed by atoms with van der Waals surface area (Å²) < 4.78 is 0. The number of likely N-dealkylation sites (tertiary alicyclic amines) is 1. The number of amides is 2. The summed E-state index contributed by atoms with van der Waals surface area (Å²) in [6.45, 7) is 3.88. The molecule has 0 bridgehead atoms. The van der Waals surface area contributed by atoms with Crippen LogP contribution in [0.4, 0.5) is 5.13 Å². The molecular weight excluding hydrogens is 282 g/mol. The van der Waals surface area contributed by atoms with Crippen molar-refractivity contribution >= 4 is 34.3 Å². The van der Waals surface area contributed by atoms with Crippen LogP contribution in [0, 0.1) is 11.8 Å². The number of aromatic nitrogens is 1. The smallest absolute Gasteiger partial charge is 0.306 e. The summed E-state index contributed by atoms with van der Waals surface area (Å²) in [5.41, 5.74) is 0.278. The van der Waals surface area contributed by atoms with E-state index in [1.807, 2.05) is 0 Å². The predicted molar refractivity (Wildman–Crippen MR) is 72.6 cm³/mol. The predicted octanol–water partition coefficient (Wildman–Crippen LogP) is 0.894. The topological polar surface area (TPSA) is 99.6 Å². The minimum Gasteiger partial charge on any atom is -0.481 e. The van der Waals surface area contributed by atoms with Gasteiger partial charge in [0, 0.05) is 31.3 Å². The molecule has 1 saturated heterocycles. The minimum absolute atomic E-state index is 0.00935. The van der Waals surface area contributed by atoms with Crippen molar-refractivity contribution in [2.45, 2.75) is 13.8 Å². The summed E-state index contributed by atoms with van der Waals surface area (Å²) >= 11 is 1.19. The fourth-order valence-corrected chi connectivity index (χ4v) is 2.67. The van der Waals surface area contributed by atoms with Gasteiger partial charge in [-0.15, -0.1) is 11.3 Å². The molecule has 0 saturated carbocycles. The van der Waals surface area contributed by atoms with Crippen LogP contribution < -0.4 is 5.32 Å². The summed E-state index contributed by atoms with van der Waals surface area (Å²) in [4.78, 5) is 39.4. The molecule has 108 valence electrons. The molecule has 7 nitrogen and oxygen atoms in total. The molecule has 1 atom stereocenters. The molecule has 0 spiro atoms. The van der Waals surface area contributed by atoms with Crippen molar-refractivity contribution in [3.05, 3.63) is 11.1 Å². The molecule has 8 heteroatoms. The molecule has 1 aromatic heterocycles. The zero-order valence-corrected chi connectivity index (χ0v) is 11.9. The number of thiazole rings is 1. The number of hydrogen-bond donors (Lipinski definition) is 2. The largest absolute Gasteiger partial charge is 0.481 e. The van der Waals surface area contributed by atoms with Gasteiger partial charge >= 0.3 is 5.97 Å². The number of nitrogens with one attached hydrogen (secondary N) is 1. The first kappa shape index (κ1) is 14.4. The van der Waals surface area contributed by atoms with Crippen LogP contribution in [0.1, 0.15) is 24.3 Å². The van der Waals surface area contributed by atoms with E-state index >= 15 is 0 Å². The highest BCUT2D eigenvalue weighted by Gasteiger charge is 2.38. The Bertz CT molecular complexity index is 551. The quantitative estimate of drug-likeness (QED) is 0.860. The lowest BCUT2D eigenvalue weighted by Crippen LogP contribution is -2.53. The van der Waals surface area contributed by atoms with Crippen LogP contribution in [-0.4, -0.2) is 45.9 Å². The second kappa shape index (κ2) is 5.58. The van der Waals surface area contributed by atoms with Gasteiger partial charge in [0.1, 0.15) is 5.69 Å². The van der Waals surface area contributed by atoms with Gasteiger partial charge in [-0.05, 0) is 0 Å². The third kappa shape index (κ3) is 2.96. The van der Waals surface area contributed by atoms with E-state index in [1.165, 1.54) is 18.3 Å². The summed E-state index contributed by atoms with van der Waals surface area (Å²) in [6.07, 6.45) is 0. The first-order chi connectivity index (χ1) is 9.38. The molecule has 20 heavy (non-hydrogen) atoms. The average molecular weight is 297 g/mol. The van der Waals surface area contributed by atoms with Crippen LogP contribution in [-0.2, 0) is 9.59 Å². The van der Waals surface area contributed by atoms with Crippen molar-refractivity contribution in [1.29, 1.82) is 0 Å². The average Bonchev–Trinajstić information content (AvgIpc) is 2.74. The standard InChI is InChI=1S/C12H15N3O4S/c1-6(11(18)19)8-3-15(4-8)10(17)9-5-20-12(14-9)13-7(2)16/h5-6,8H,3-4H2,1-2H3,(H,18,19)(H,13,14,16). The number of carboxylic acids is 1. The van der Waals surface area contributed by atoms with Crippen LogP contribution in [0.3, 0.4) is 0 Å². The second-order valence-electron chi connectivity index (χ2n) is 4.82. The SMILES string of the molecule is CC(=O)Nc1nc(C(=O)N2CC(C(C)C(=O)O)C2)cs1. The van der Waals surface area contributed by atoms with Gasteiger partial charge in [0.2, 0.25) is 5.91 Å². The van der Waals surface area contributed by atoms with E-state index in [-0.39, 0.29) is 23.4 Å². The second-order valence-corrected chi connectivity index (χ2v) is 5.67. The maximum Gasteiger partial charge on any atom is 0.306 e. The summed E-state index contributed by atoms with van der Waals surface area (Å²) in [5.74, 6) is -1.78. The zero-order chi connectivity index (χ0) is 14.9. The Morgan fingerprint density at radius 3 is 2.70 bits per heavy atom. The van der Waals surface area contributed by atoms with Gasteiger partial charge in [-0.25, -0.2) is 4.98 Å². The molecule has 0 aromatic carbocycles. The Morgan fingerprint density at radius 1 is 1.50 bits per heavy atom. The number of aliphatic carboxylic acids is 1. The Balaban J connectivity index is 1.92. The van der Waals surface area contributed by atoms with Gasteiger partial charge in [-0.1, -0.05) is 6.92 Å². The number of carboxylic acid groups (broad SMARTS) is 1. The molecule has 1 aromatic rings. The number of hydrogen-bond acceptors (Lipinski definition) is 5. The molecule has 2 rings (SSSR count). The van der Waals surface area contributed by atoms with Gasteiger partial charge < -0.3 is 15.3 Å². The Morgan fingerprint density at radius 2 is 2.15 bits per heavy atom. The van der Waals surface area contributed by atoms with Gasteiger partial charge in [-0.3, -0.25) is 14.4 Å². The van der Waals surface area contributed by atoms with Crippen LogP contribution in [0.5, 0.6) is 0 Å². The number of anilines is 1. The fourth-order valence-electron chi connectivity index (χ4n) is 1.94. The third-order valence-electron chi connectivity index (χ3n) is 3.30. The first-order valence-electron chi connectivity index (χ1n) is 6.13. The van der Waals surface area contributed by atoms with Gasteiger partial charge in [0.25, 0.3) is 5.91 Å². The van der Waals surface area contributed by atoms with Crippen molar-refractivity contribution in [2.75, 3.05) is 18.4 Å². The first-order valence-corrected chi connectivity index (χ1v) is 7.01. The van der Waals surface area contributed by atoms with E-state index in [1.54, 1.807) is 17.2 Å². The number of nitrogens with zero attached hydrogens (tertiary/aromatic N) is 2. The molecule has 1 aliphatic heterocycles. The number of carbonyl (C=O) groups excluding carboxylic acids is 2. The highest BCUT2D eigenvalue weighted by Crippen LogP contribution is 2.26. The van der Waals surface area contributed by atoms with E-state index in [0.717, 1.165) is 0 Å². The van der Waals surface area contributed by atoms with Crippen molar-refractivity contribution in [2.24, 2.45) is 11.8 Å². The van der Waals surface area contributed by atoms with E-state index in [0.29, 0.717) is 18.2 Å². The van der Waals surface area contributed by atoms with E-state index in [2.05, 4.69) is 10.3 Å². The Hall–Kier alpha value is -1.96. The monoisotopic (exact) mass is 297 g/mol. The molecule has 1 unspecified atom stereocenters. The summed E-state index contributed by atoms with van der Waals surface area (Å²) in [7, 11) is 0. The van der Waals surface area contributed by atoms with Gasteiger partial charge in [-0.2, -0.15) is 0 Å². The van der Waals surface area contributed by atoms with Crippen molar-refractivity contribution < 1.29 is 19.5 Å². The maximum absolute atomic E-state index is 12.1.